The lowest BCUT2D eigenvalue weighted by molar-refractivity contribution is -0.121. The third-order valence-electron chi connectivity index (χ3n) is 3.51. The smallest absolute Gasteiger partial charge is 0.229 e. The lowest BCUT2D eigenvalue weighted by Crippen LogP contribution is -2.40. The molecule has 100 valence electrons. The van der Waals surface area contributed by atoms with Crippen LogP contribution < -0.4 is 11.1 Å². The molecule has 1 amide bonds. The first-order valence-corrected chi connectivity index (χ1v) is 7.17. The molecule has 1 fully saturated rings. The normalized spacial score (nSPS) is 22.6. The van der Waals surface area contributed by atoms with Gasteiger partial charge in [0.2, 0.25) is 5.91 Å². The minimum absolute atomic E-state index is 0.0300. The lowest BCUT2D eigenvalue weighted by Gasteiger charge is -2.27. The van der Waals surface area contributed by atoms with E-state index in [0.717, 1.165) is 25.7 Å². The van der Waals surface area contributed by atoms with Crippen molar-refractivity contribution in [3.63, 3.8) is 0 Å². The summed E-state index contributed by atoms with van der Waals surface area (Å²) in [5, 5.41) is 11.7. The second kappa shape index (κ2) is 6.18. The monoisotopic (exact) mass is 321 g/mol. The molecule has 0 spiro atoms. The van der Waals surface area contributed by atoms with Crippen LogP contribution in [0.5, 0.6) is 0 Å². The Labute approximate surface area is 121 Å². The summed E-state index contributed by atoms with van der Waals surface area (Å²) in [6.07, 6.45) is 3.92. The molecule has 5 heteroatoms. The predicted molar refractivity (Wildman–Crippen MR) is 77.4 cm³/mol. The summed E-state index contributed by atoms with van der Waals surface area (Å²) >= 11 is 3.36. The zero-order valence-corrected chi connectivity index (χ0v) is 12.1. The van der Waals surface area contributed by atoms with Crippen molar-refractivity contribution in [2.24, 2.45) is 11.7 Å². The number of carbonyl (C=O) groups is 1. The minimum atomic E-state index is -0.115. The Morgan fingerprint density at radius 1 is 1.42 bits per heavy atom. The fourth-order valence-corrected chi connectivity index (χ4v) is 2.87. The average molecular weight is 322 g/mol. The molecule has 3 N–H and O–H groups in total. The summed E-state index contributed by atoms with van der Waals surface area (Å²) in [4.78, 5) is 12.2. The highest BCUT2D eigenvalue weighted by atomic mass is 79.9. The fraction of sp³-hybridized carbons (Fsp3) is 0.429. The second-order valence-electron chi connectivity index (χ2n) is 4.85. The van der Waals surface area contributed by atoms with Gasteiger partial charge in [0.1, 0.15) is 0 Å². The van der Waals surface area contributed by atoms with Gasteiger partial charge in [-0.2, -0.15) is 5.26 Å². The van der Waals surface area contributed by atoms with Crippen LogP contribution in [0.1, 0.15) is 31.2 Å². The van der Waals surface area contributed by atoms with Gasteiger partial charge in [-0.25, -0.2) is 0 Å². The number of carbonyl (C=O) groups excluding carboxylic acids is 1. The largest absolute Gasteiger partial charge is 0.327 e. The Kier molecular flexibility index (Phi) is 4.56. The van der Waals surface area contributed by atoms with Crippen molar-refractivity contribution in [1.29, 1.82) is 5.26 Å². The van der Waals surface area contributed by atoms with Crippen LogP contribution in [0, 0.1) is 17.2 Å². The van der Waals surface area contributed by atoms with Crippen molar-refractivity contribution in [2.45, 2.75) is 31.7 Å². The van der Waals surface area contributed by atoms with Gasteiger partial charge >= 0.3 is 0 Å². The molecule has 2 atom stereocenters. The van der Waals surface area contributed by atoms with Gasteiger partial charge in [0.05, 0.1) is 23.2 Å². The molecule has 4 nitrogen and oxygen atoms in total. The van der Waals surface area contributed by atoms with Gasteiger partial charge in [-0.3, -0.25) is 4.79 Å². The highest BCUT2D eigenvalue weighted by Crippen LogP contribution is 2.27. The van der Waals surface area contributed by atoms with Crippen LogP contribution in [-0.2, 0) is 4.79 Å². The highest BCUT2D eigenvalue weighted by molar-refractivity contribution is 9.10. The number of nitrogens with zero attached hydrogens (tertiary/aromatic N) is 1. The number of amides is 1. The van der Waals surface area contributed by atoms with Gasteiger partial charge in [0, 0.05) is 10.5 Å². The average Bonchev–Trinajstić information content (AvgIpc) is 2.41. The van der Waals surface area contributed by atoms with Crippen molar-refractivity contribution in [2.75, 3.05) is 5.32 Å². The summed E-state index contributed by atoms with van der Waals surface area (Å²) in [5.74, 6) is -0.145. The highest BCUT2D eigenvalue weighted by Gasteiger charge is 2.28. The Balaban J connectivity index is 2.08. The Morgan fingerprint density at radius 3 is 2.79 bits per heavy atom. The van der Waals surface area contributed by atoms with Crippen LogP contribution in [0.4, 0.5) is 5.69 Å². The molecule has 2 unspecified atom stereocenters. The first-order chi connectivity index (χ1) is 9.11. The van der Waals surface area contributed by atoms with Gasteiger partial charge in [0.25, 0.3) is 0 Å². The summed E-state index contributed by atoms with van der Waals surface area (Å²) in [6.45, 7) is 0. The maximum absolute atomic E-state index is 12.2. The van der Waals surface area contributed by atoms with E-state index in [2.05, 4.69) is 27.3 Å². The molecule has 2 rings (SSSR count). The van der Waals surface area contributed by atoms with E-state index < -0.39 is 0 Å². The van der Waals surface area contributed by atoms with E-state index in [0.29, 0.717) is 15.7 Å². The van der Waals surface area contributed by atoms with Gasteiger partial charge in [-0.05, 0) is 47.0 Å². The van der Waals surface area contributed by atoms with E-state index in [1.807, 2.05) is 0 Å². The molecule has 0 bridgehead atoms. The van der Waals surface area contributed by atoms with E-state index in [-0.39, 0.29) is 17.9 Å². The summed E-state index contributed by atoms with van der Waals surface area (Å²) in [6, 6.07) is 7.11. The molecular formula is C14H16BrN3O. The number of nitrogens with two attached hydrogens (primary N) is 1. The number of nitrogens with one attached hydrogen (secondary N) is 1. The van der Waals surface area contributed by atoms with Crippen molar-refractivity contribution in [1.82, 2.24) is 0 Å². The van der Waals surface area contributed by atoms with Gasteiger partial charge in [-0.1, -0.05) is 12.8 Å². The number of hydrogen-bond donors (Lipinski definition) is 2. The summed E-state index contributed by atoms with van der Waals surface area (Å²) in [5.41, 5.74) is 7.24. The lowest BCUT2D eigenvalue weighted by atomic mass is 9.84. The Bertz CT molecular complexity index is 524. The summed E-state index contributed by atoms with van der Waals surface area (Å²) < 4.78 is 0.712. The number of nitriles is 1. The number of hydrogen-bond acceptors (Lipinski definition) is 3. The molecule has 1 aliphatic carbocycles. The molecule has 19 heavy (non-hydrogen) atoms. The van der Waals surface area contributed by atoms with Crippen LogP contribution in [0.3, 0.4) is 0 Å². The van der Waals surface area contributed by atoms with Crippen LogP contribution in [0.25, 0.3) is 0 Å². The standard InChI is InChI=1S/C14H16BrN3O/c15-11-7-9(8-16)5-6-13(11)18-14(19)10-3-1-2-4-12(10)17/h5-7,10,12H,1-4,17H2,(H,18,19). The van der Waals surface area contributed by atoms with E-state index in [4.69, 9.17) is 11.0 Å². The van der Waals surface area contributed by atoms with Crippen LogP contribution in [0.15, 0.2) is 22.7 Å². The van der Waals surface area contributed by atoms with Gasteiger partial charge in [0.15, 0.2) is 0 Å². The minimum Gasteiger partial charge on any atom is -0.327 e. The molecule has 0 heterocycles. The fourth-order valence-electron chi connectivity index (χ4n) is 2.40. The molecule has 1 saturated carbocycles. The Hall–Kier alpha value is -1.38. The number of halogens is 1. The molecule has 0 aromatic heterocycles. The maximum Gasteiger partial charge on any atom is 0.229 e. The van der Waals surface area contributed by atoms with E-state index >= 15 is 0 Å². The first-order valence-electron chi connectivity index (χ1n) is 6.38. The number of anilines is 1. The second-order valence-corrected chi connectivity index (χ2v) is 5.70. The van der Waals surface area contributed by atoms with Crippen LogP contribution in [-0.4, -0.2) is 11.9 Å². The quantitative estimate of drug-likeness (QED) is 0.879. The molecule has 0 aliphatic heterocycles. The third-order valence-corrected chi connectivity index (χ3v) is 4.17. The molecule has 0 radical (unpaired) electrons. The first kappa shape index (κ1) is 14.0. The van der Waals surface area contributed by atoms with Gasteiger partial charge < -0.3 is 11.1 Å². The van der Waals surface area contributed by atoms with Crippen LogP contribution >= 0.6 is 15.9 Å². The molecular weight excluding hydrogens is 306 g/mol. The van der Waals surface area contributed by atoms with E-state index in [9.17, 15) is 4.79 Å². The van der Waals surface area contributed by atoms with E-state index in [1.54, 1.807) is 18.2 Å². The molecule has 1 aliphatic rings. The molecule has 1 aromatic rings. The van der Waals surface area contributed by atoms with Crippen molar-refractivity contribution in [3.8, 4) is 6.07 Å². The zero-order chi connectivity index (χ0) is 13.8. The number of benzene rings is 1. The molecule has 1 aromatic carbocycles. The zero-order valence-electron chi connectivity index (χ0n) is 10.5. The Morgan fingerprint density at radius 2 is 2.16 bits per heavy atom. The molecule has 0 saturated heterocycles. The number of rotatable bonds is 2. The van der Waals surface area contributed by atoms with Crippen molar-refractivity contribution in [3.05, 3.63) is 28.2 Å². The third kappa shape index (κ3) is 3.34. The topological polar surface area (TPSA) is 78.9 Å². The SMILES string of the molecule is N#Cc1ccc(NC(=O)C2CCCCC2N)c(Br)c1. The maximum atomic E-state index is 12.2. The van der Waals surface area contributed by atoms with Gasteiger partial charge in [-0.15, -0.1) is 0 Å². The predicted octanol–water partition coefficient (Wildman–Crippen LogP) is 2.78. The van der Waals surface area contributed by atoms with E-state index in [1.165, 1.54) is 0 Å². The van der Waals surface area contributed by atoms with Crippen molar-refractivity contribution >= 4 is 27.5 Å². The summed E-state index contributed by atoms with van der Waals surface area (Å²) in [7, 11) is 0. The van der Waals surface area contributed by atoms with Crippen LogP contribution in [0.2, 0.25) is 0 Å². The van der Waals surface area contributed by atoms with Crippen molar-refractivity contribution < 1.29 is 4.79 Å².